The predicted molar refractivity (Wildman–Crippen MR) is 115 cm³/mol. The predicted octanol–water partition coefficient (Wildman–Crippen LogP) is 4.86. The molecule has 5 nitrogen and oxygen atoms in total. The maximum absolute atomic E-state index is 13.1. The highest BCUT2D eigenvalue weighted by Crippen LogP contribution is 2.25. The van der Waals surface area contributed by atoms with Crippen LogP contribution in [0.5, 0.6) is 0 Å². The molecule has 1 aromatic carbocycles. The molecule has 1 aliphatic rings. The standard InChI is InChI=1S/C21H24ClN3O2S/c1-2-12-24(15-18-10-11-19(22)28-18)20(26)16-7-6-13-25(14-16)21(27)23-17-8-4-3-5-9-17/h2-5,8-11,16H,1,6-7,12-15H2,(H,23,27)/t16-/m1/s1. The molecule has 148 valence electrons. The minimum Gasteiger partial charge on any atom is -0.334 e. The van der Waals surface area contributed by atoms with Crippen LogP contribution < -0.4 is 5.32 Å². The third-order valence-electron chi connectivity index (χ3n) is 4.72. The van der Waals surface area contributed by atoms with Crippen LogP contribution in [-0.4, -0.2) is 41.4 Å². The molecule has 0 spiro atoms. The smallest absolute Gasteiger partial charge is 0.321 e. The van der Waals surface area contributed by atoms with E-state index in [4.69, 9.17) is 11.6 Å². The van der Waals surface area contributed by atoms with Gasteiger partial charge in [0.1, 0.15) is 0 Å². The van der Waals surface area contributed by atoms with Gasteiger partial charge in [0.15, 0.2) is 0 Å². The summed E-state index contributed by atoms with van der Waals surface area (Å²) in [6.07, 6.45) is 3.33. The molecule has 3 rings (SSSR count). The number of para-hydroxylation sites is 1. The Morgan fingerprint density at radius 3 is 2.75 bits per heavy atom. The molecule has 1 saturated heterocycles. The Labute approximate surface area is 174 Å². The van der Waals surface area contributed by atoms with Gasteiger partial charge < -0.3 is 15.1 Å². The highest BCUT2D eigenvalue weighted by molar-refractivity contribution is 7.16. The van der Waals surface area contributed by atoms with Crippen molar-refractivity contribution in [1.29, 1.82) is 0 Å². The van der Waals surface area contributed by atoms with E-state index in [9.17, 15) is 9.59 Å². The number of hydrogen-bond acceptors (Lipinski definition) is 3. The van der Waals surface area contributed by atoms with Gasteiger partial charge in [0, 0.05) is 30.2 Å². The van der Waals surface area contributed by atoms with E-state index >= 15 is 0 Å². The number of amides is 3. The first-order valence-corrected chi connectivity index (χ1v) is 10.5. The number of halogens is 1. The first-order chi connectivity index (χ1) is 13.6. The van der Waals surface area contributed by atoms with Gasteiger partial charge in [-0.25, -0.2) is 4.79 Å². The number of nitrogens with one attached hydrogen (secondary N) is 1. The van der Waals surface area contributed by atoms with Crippen molar-refractivity contribution in [2.75, 3.05) is 25.0 Å². The summed E-state index contributed by atoms with van der Waals surface area (Å²) in [6, 6.07) is 13.0. The van der Waals surface area contributed by atoms with Crippen LogP contribution >= 0.6 is 22.9 Å². The molecule has 0 unspecified atom stereocenters. The Balaban J connectivity index is 1.63. The van der Waals surface area contributed by atoms with E-state index < -0.39 is 0 Å². The molecule has 1 aliphatic heterocycles. The molecule has 0 bridgehead atoms. The van der Waals surface area contributed by atoms with Crippen molar-refractivity contribution in [3.8, 4) is 0 Å². The van der Waals surface area contributed by atoms with Crippen molar-refractivity contribution < 1.29 is 9.59 Å². The first-order valence-electron chi connectivity index (χ1n) is 9.31. The summed E-state index contributed by atoms with van der Waals surface area (Å²) >= 11 is 7.49. The normalized spacial score (nSPS) is 16.5. The zero-order chi connectivity index (χ0) is 19.9. The minimum atomic E-state index is -0.203. The number of anilines is 1. The van der Waals surface area contributed by atoms with Crippen LogP contribution in [0.3, 0.4) is 0 Å². The topological polar surface area (TPSA) is 52.7 Å². The second-order valence-corrected chi connectivity index (χ2v) is 8.59. The molecule has 2 heterocycles. The lowest BCUT2D eigenvalue weighted by atomic mass is 9.96. The number of piperidine rings is 1. The highest BCUT2D eigenvalue weighted by atomic mass is 35.5. The van der Waals surface area contributed by atoms with Gasteiger partial charge in [0.25, 0.3) is 0 Å². The average Bonchev–Trinajstić information content (AvgIpc) is 3.12. The van der Waals surface area contributed by atoms with Crippen molar-refractivity contribution in [3.63, 3.8) is 0 Å². The first kappa shape index (κ1) is 20.4. The second kappa shape index (κ2) is 9.75. The summed E-state index contributed by atoms with van der Waals surface area (Å²) in [4.78, 5) is 30.3. The number of hydrogen-bond donors (Lipinski definition) is 1. The van der Waals surface area contributed by atoms with Gasteiger partial charge in [0.05, 0.1) is 16.8 Å². The van der Waals surface area contributed by atoms with Crippen LogP contribution in [0.2, 0.25) is 4.34 Å². The van der Waals surface area contributed by atoms with Crippen molar-refractivity contribution in [3.05, 3.63) is 64.3 Å². The van der Waals surface area contributed by atoms with Crippen molar-refractivity contribution in [2.45, 2.75) is 19.4 Å². The quantitative estimate of drug-likeness (QED) is 0.682. The van der Waals surface area contributed by atoms with Gasteiger partial charge in [-0.3, -0.25) is 4.79 Å². The summed E-state index contributed by atoms with van der Waals surface area (Å²) in [7, 11) is 0. The lowest BCUT2D eigenvalue weighted by molar-refractivity contribution is -0.136. The number of urea groups is 1. The molecule has 1 N–H and O–H groups in total. The minimum absolute atomic E-state index is 0.0571. The monoisotopic (exact) mass is 417 g/mol. The molecule has 1 fully saturated rings. The van der Waals surface area contributed by atoms with E-state index in [0.717, 1.165) is 23.4 Å². The van der Waals surface area contributed by atoms with Gasteiger partial charge in [-0.1, -0.05) is 35.9 Å². The van der Waals surface area contributed by atoms with Crippen LogP contribution in [0.15, 0.2) is 55.1 Å². The fourth-order valence-electron chi connectivity index (χ4n) is 3.36. The molecule has 0 aliphatic carbocycles. The number of nitrogens with zero attached hydrogens (tertiary/aromatic N) is 2. The Morgan fingerprint density at radius 2 is 2.07 bits per heavy atom. The number of rotatable bonds is 6. The summed E-state index contributed by atoms with van der Waals surface area (Å²) in [5.41, 5.74) is 0.754. The molecule has 0 saturated carbocycles. The van der Waals surface area contributed by atoms with Gasteiger partial charge in [-0.2, -0.15) is 0 Å². The molecule has 1 aromatic heterocycles. The van der Waals surface area contributed by atoms with Crippen LogP contribution in [0, 0.1) is 5.92 Å². The highest BCUT2D eigenvalue weighted by Gasteiger charge is 2.31. The fourth-order valence-corrected chi connectivity index (χ4v) is 4.46. The van der Waals surface area contributed by atoms with Crippen LogP contribution in [-0.2, 0) is 11.3 Å². The molecule has 28 heavy (non-hydrogen) atoms. The molecule has 7 heteroatoms. The zero-order valence-electron chi connectivity index (χ0n) is 15.6. The number of carbonyl (C=O) groups excluding carboxylic acids is 2. The number of benzene rings is 1. The third-order valence-corrected chi connectivity index (χ3v) is 5.94. The maximum Gasteiger partial charge on any atom is 0.321 e. The van der Waals surface area contributed by atoms with Crippen LogP contribution in [0.4, 0.5) is 10.5 Å². The fraction of sp³-hybridized carbons (Fsp3) is 0.333. The summed E-state index contributed by atoms with van der Waals surface area (Å²) < 4.78 is 0.711. The zero-order valence-corrected chi connectivity index (χ0v) is 17.2. The largest absolute Gasteiger partial charge is 0.334 e. The van der Waals surface area contributed by atoms with E-state index in [2.05, 4.69) is 11.9 Å². The van der Waals surface area contributed by atoms with E-state index in [-0.39, 0.29) is 17.9 Å². The van der Waals surface area contributed by atoms with E-state index in [1.165, 1.54) is 11.3 Å². The summed E-state index contributed by atoms with van der Waals surface area (Å²) in [6.45, 7) is 5.84. The molecule has 3 amide bonds. The lowest BCUT2D eigenvalue weighted by Gasteiger charge is -2.34. The van der Waals surface area contributed by atoms with E-state index in [1.54, 1.807) is 15.9 Å². The summed E-state index contributed by atoms with van der Waals surface area (Å²) in [5.74, 6) is -0.146. The van der Waals surface area contributed by atoms with Gasteiger partial charge >= 0.3 is 6.03 Å². The van der Waals surface area contributed by atoms with E-state index in [0.29, 0.717) is 30.5 Å². The third kappa shape index (κ3) is 5.36. The molecular weight excluding hydrogens is 394 g/mol. The Bertz CT molecular complexity index is 824. The molecule has 1 atom stereocenters. The van der Waals surface area contributed by atoms with Gasteiger partial charge in [-0.15, -0.1) is 17.9 Å². The lowest BCUT2D eigenvalue weighted by Crippen LogP contribution is -2.47. The second-order valence-electron chi connectivity index (χ2n) is 6.79. The Hall–Kier alpha value is -2.31. The number of thiophene rings is 1. The summed E-state index contributed by atoms with van der Waals surface area (Å²) in [5, 5.41) is 2.90. The SMILES string of the molecule is C=CCN(Cc1ccc(Cl)s1)C(=O)[C@@H]1CCCN(C(=O)Nc2ccccc2)C1. The Kier molecular flexibility index (Phi) is 7.12. The van der Waals surface area contributed by atoms with Crippen molar-refractivity contribution >= 4 is 40.6 Å². The Morgan fingerprint density at radius 1 is 1.29 bits per heavy atom. The van der Waals surface area contributed by atoms with Crippen molar-refractivity contribution in [1.82, 2.24) is 9.80 Å². The van der Waals surface area contributed by atoms with Gasteiger partial charge in [0.2, 0.25) is 5.91 Å². The molecule has 2 aromatic rings. The number of carbonyl (C=O) groups is 2. The van der Waals surface area contributed by atoms with E-state index in [1.807, 2.05) is 42.5 Å². The number of likely N-dealkylation sites (tertiary alicyclic amines) is 1. The van der Waals surface area contributed by atoms with Crippen LogP contribution in [0.1, 0.15) is 17.7 Å². The molecule has 0 radical (unpaired) electrons. The van der Waals surface area contributed by atoms with Gasteiger partial charge in [-0.05, 0) is 37.1 Å². The maximum atomic E-state index is 13.1. The molecular formula is C21H24ClN3O2S. The van der Waals surface area contributed by atoms with Crippen molar-refractivity contribution in [2.24, 2.45) is 5.92 Å². The van der Waals surface area contributed by atoms with Crippen LogP contribution in [0.25, 0.3) is 0 Å². The average molecular weight is 418 g/mol.